The van der Waals surface area contributed by atoms with Gasteiger partial charge in [0.15, 0.2) is 13.2 Å². The van der Waals surface area contributed by atoms with Crippen molar-refractivity contribution in [3.05, 3.63) is 29.3 Å². The fraction of sp³-hybridized carbons (Fsp3) is 0.471. The molecule has 0 aliphatic carbocycles. The van der Waals surface area contributed by atoms with Crippen molar-refractivity contribution < 1.29 is 23.9 Å². The lowest BCUT2D eigenvalue weighted by molar-refractivity contribution is -0.150. The van der Waals surface area contributed by atoms with E-state index < -0.39 is 18.5 Å². The third-order valence-corrected chi connectivity index (χ3v) is 2.95. The first-order chi connectivity index (χ1) is 11.3. The predicted molar refractivity (Wildman–Crippen MR) is 88.7 cm³/mol. The van der Waals surface area contributed by atoms with Crippen LogP contribution in [0.2, 0.25) is 0 Å². The zero-order valence-corrected chi connectivity index (χ0v) is 14.5. The summed E-state index contributed by atoms with van der Waals surface area (Å²) in [5.41, 5.74) is 1.92. The summed E-state index contributed by atoms with van der Waals surface area (Å²) >= 11 is 0. The quantitative estimate of drug-likeness (QED) is 0.687. The Bertz CT molecular complexity index is 599. The fourth-order valence-corrected chi connectivity index (χ4v) is 1.79. The molecule has 0 bridgehead atoms. The number of ether oxygens (including phenoxy) is 2. The Kier molecular flexibility index (Phi) is 7.74. The van der Waals surface area contributed by atoms with E-state index in [0.717, 1.165) is 11.1 Å². The second-order valence-corrected chi connectivity index (χ2v) is 5.72. The highest BCUT2D eigenvalue weighted by Gasteiger charge is 2.11. The highest BCUT2D eigenvalue weighted by Crippen LogP contribution is 2.18. The number of nitrogens with one attached hydrogen (secondary N) is 2. The summed E-state index contributed by atoms with van der Waals surface area (Å²) < 4.78 is 10.2. The van der Waals surface area contributed by atoms with Gasteiger partial charge in [0.25, 0.3) is 5.91 Å². The molecule has 0 unspecified atom stereocenters. The van der Waals surface area contributed by atoms with Gasteiger partial charge in [-0.2, -0.15) is 0 Å². The van der Waals surface area contributed by atoms with E-state index in [4.69, 9.17) is 9.47 Å². The maximum absolute atomic E-state index is 11.6. The van der Waals surface area contributed by atoms with Crippen LogP contribution in [0.4, 0.5) is 0 Å². The van der Waals surface area contributed by atoms with Crippen molar-refractivity contribution in [2.45, 2.75) is 33.7 Å². The highest BCUT2D eigenvalue weighted by molar-refractivity contribution is 5.86. The number of rotatable bonds is 8. The van der Waals surface area contributed by atoms with Crippen molar-refractivity contribution in [3.8, 4) is 5.75 Å². The van der Waals surface area contributed by atoms with Gasteiger partial charge in [-0.3, -0.25) is 9.59 Å². The van der Waals surface area contributed by atoms with Crippen LogP contribution in [-0.4, -0.2) is 43.6 Å². The van der Waals surface area contributed by atoms with Crippen LogP contribution in [0.15, 0.2) is 18.2 Å². The first kappa shape index (κ1) is 19.5. The number of carbonyl (C=O) groups excluding carboxylic acids is 3. The average molecular weight is 336 g/mol. The molecule has 0 saturated heterocycles. The molecular weight excluding hydrogens is 312 g/mol. The van der Waals surface area contributed by atoms with Gasteiger partial charge in [0.05, 0.1) is 6.54 Å². The maximum Gasteiger partial charge on any atom is 0.344 e. The zero-order valence-electron chi connectivity index (χ0n) is 14.5. The monoisotopic (exact) mass is 336 g/mol. The van der Waals surface area contributed by atoms with Gasteiger partial charge in [-0.15, -0.1) is 0 Å². The molecule has 0 aliphatic heterocycles. The minimum atomic E-state index is -0.655. The summed E-state index contributed by atoms with van der Waals surface area (Å²) in [4.78, 5) is 34.5. The van der Waals surface area contributed by atoms with Crippen LogP contribution in [0.3, 0.4) is 0 Å². The molecule has 0 heterocycles. The van der Waals surface area contributed by atoms with Crippen molar-refractivity contribution in [1.29, 1.82) is 0 Å². The Labute approximate surface area is 141 Å². The molecule has 0 saturated carbocycles. The molecule has 0 aliphatic rings. The molecule has 24 heavy (non-hydrogen) atoms. The van der Waals surface area contributed by atoms with Crippen LogP contribution in [0.1, 0.15) is 25.0 Å². The molecule has 0 spiro atoms. The van der Waals surface area contributed by atoms with E-state index in [1.165, 1.54) is 0 Å². The first-order valence-electron chi connectivity index (χ1n) is 7.69. The third-order valence-electron chi connectivity index (χ3n) is 2.95. The van der Waals surface area contributed by atoms with Crippen LogP contribution in [-0.2, 0) is 19.1 Å². The van der Waals surface area contributed by atoms with Crippen LogP contribution in [0, 0.1) is 13.8 Å². The Morgan fingerprint density at radius 2 is 1.79 bits per heavy atom. The van der Waals surface area contributed by atoms with Crippen molar-refractivity contribution in [3.63, 3.8) is 0 Å². The van der Waals surface area contributed by atoms with Gasteiger partial charge >= 0.3 is 5.97 Å². The molecule has 2 N–H and O–H groups in total. The minimum Gasteiger partial charge on any atom is -0.482 e. The van der Waals surface area contributed by atoms with Crippen molar-refractivity contribution in [2.24, 2.45) is 0 Å². The van der Waals surface area contributed by atoms with E-state index in [9.17, 15) is 14.4 Å². The van der Waals surface area contributed by atoms with E-state index in [1.54, 1.807) is 0 Å². The van der Waals surface area contributed by atoms with E-state index in [2.05, 4.69) is 10.6 Å². The van der Waals surface area contributed by atoms with E-state index in [1.807, 2.05) is 45.9 Å². The largest absolute Gasteiger partial charge is 0.482 e. The number of esters is 1. The topological polar surface area (TPSA) is 93.7 Å². The Hall–Kier alpha value is -2.57. The van der Waals surface area contributed by atoms with E-state index in [-0.39, 0.29) is 25.1 Å². The molecular formula is C17H24N2O5. The molecule has 2 amide bonds. The summed E-state index contributed by atoms with van der Waals surface area (Å²) in [7, 11) is 0. The smallest absolute Gasteiger partial charge is 0.344 e. The van der Waals surface area contributed by atoms with Crippen LogP contribution in [0.5, 0.6) is 5.75 Å². The summed E-state index contributed by atoms with van der Waals surface area (Å²) in [6.07, 6.45) is 0. The minimum absolute atomic E-state index is 0.00513. The second kappa shape index (κ2) is 9.54. The molecule has 0 aromatic heterocycles. The molecule has 0 radical (unpaired) electrons. The summed E-state index contributed by atoms with van der Waals surface area (Å²) in [5.74, 6) is -0.906. The number of carbonyl (C=O) groups is 3. The second-order valence-electron chi connectivity index (χ2n) is 5.72. The number of amides is 2. The lowest BCUT2D eigenvalue weighted by Gasteiger charge is -2.11. The predicted octanol–water partition coefficient (Wildman–Crippen LogP) is 0.866. The Morgan fingerprint density at radius 3 is 2.46 bits per heavy atom. The standard InChI is InChI=1S/C17H24N2O5/c1-11(2)19-15(20)8-18-16(21)9-24-17(22)10-23-14-7-12(3)5-6-13(14)4/h5-7,11H,8-10H2,1-4H3,(H,18,21)(H,19,20). The number of benzene rings is 1. The lowest BCUT2D eigenvalue weighted by Crippen LogP contribution is -2.41. The van der Waals surface area contributed by atoms with Crippen LogP contribution < -0.4 is 15.4 Å². The maximum atomic E-state index is 11.6. The van der Waals surface area contributed by atoms with Gasteiger partial charge in [0.1, 0.15) is 5.75 Å². The van der Waals surface area contributed by atoms with Gasteiger partial charge in [-0.05, 0) is 44.9 Å². The van der Waals surface area contributed by atoms with Crippen LogP contribution in [0.25, 0.3) is 0 Å². The first-order valence-corrected chi connectivity index (χ1v) is 7.69. The fourth-order valence-electron chi connectivity index (χ4n) is 1.79. The van der Waals surface area contributed by atoms with Gasteiger partial charge in [-0.25, -0.2) is 4.79 Å². The Morgan fingerprint density at radius 1 is 1.08 bits per heavy atom. The van der Waals surface area contributed by atoms with Gasteiger partial charge < -0.3 is 20.1 Å². The van der Waals surface area contributed by atoms with E-state index in [0.29, 0.717) is 5.75 Å². The number of hydrogen-bond acceptors (Lipinski definition) is 5. The normalized spacial score (nSPS) is 10.2. The number of hydrogen-bond donors (Lipinski definition) is 2. The summed E-state index contributed by atoms with van der Waals surface area (Å²) in [5, 5.41) is 4.99. The molecule has 0 fully saturated rings. The molecule has 1 rings (SSSR count). The lowest BCUT2D eigenvalue weighted by atomic mass is 10.1. The highest BCUT2D eigenvalue weighted by atomic mass is 16.6. The van der Waals surface area contributed by atoms with Crippen molar-refractivity contribution >= 4 is 17.8 Å². The molecule has 7 nitrogen and oxygen atoms in total. The average Bonchev–Trinajstić information content (AvgIpc) is 2.51. The Balaban J connectivity index is 2.27. The SMILES string of the molecule is Cc1ccc(C)c(OCC(=O)OCC(=O)NCC(=O)NC(C)C)c1. The molecule has 0 atom stereocenters. The molecule has 7 heteroatoms. The summed E-state index contributed by atoms with van der Waals surface area (Å²) in [6, 6.07) is 5.66. The molecule has 1 aromatic carbocycles. The van der Waals surface area contributed by atoms with Gasteiger partial charge in [-0.1, -0.05) is 12.1 Å². The molecule has 132 valence electrons. The van der Waals surface area contributed by atoms with Gasteiger partial charge in [0, 0.05) is 6.04 Å². The van der Waals surface area contributed by atoms with Crippen LogP contribution >= 0.6 is 0 Å². The van der Waals surface area contributed by atoms with Gasteiger partial charge in [0.2, 0.25) is 5.91 Å². The van der Waals surface area contributed by atoms with Crippen molar-refractivity contribution in [2.75, 3.05) is 19.8 Å². The number of aryl methyl sites for hydroxylation is 2. The van der Waals surface area contributed by atoms with E-state index >= 15 is 0 Å². The van der Waals surface area contributed by atoms with Crippen molar-refractivity contribution in [1.82, 2.24) is 10.6 Å². The molecule has 1 aromatic rings. The summed E-state index contributed by atoms with van der Waals surface area (Å²) in [6.45, 7) is 6.53. The zero-order chi connectivity index (χ0) is 18.1. The third kappa shape index (κ3) is 7.62.